The maximum Gasteiger partial charge on any atom is 0.324 e. The van der Waals surface area contributed by atoms with Gasteiger partial charge in [-0.05, 0) is 20.0 Å². The number of likely N-dealkylation sites (N-methyl/N-ethyl adjacent to an activating group) is 1. The lowest BCUT2D eigenvalue weighted by Gasteiger charge is -2.38. The van der Waals surface area contributed by atoms with Crippen molar-refractivity contribution in [3.63, 3.8) is 0 Å². The third-order valence-electron chi connectivity index (χ3n) is 3.77. The molecule has 0 aliphatic carbocycles. The Morgan fingerprint density at radius 1 is 1.35 bits per heavy atom. The molecule has 1 atom stereocenters. The molecule has 0 radical (unpaired) electrons. The van der Waals surface area contributed by atoms with E-state index >= 15 is 0 Å². The number of carboxylic acids is 1. The molecule has 7 nitrogen and oxygen atoms in total. The summed E-state index contributed by atoms with van der Waals surface area (Å²) in [6.07, 6.45) is 3.47. The third-order valence-corrected chi connectivity index (χ3v) is 3.77. The van der Waals surface area contributed by atoms with Gasteiger partial charge in [0.1, 0.15) is 5.54 Å². The van der Waals surface area contributed by atoms with Crippen LogP contribution in [0.2, 0.25) is 0 Å². The van der Waals surface area contributed by atoms with E-state index in [2.05, 4.69) is 25.1 Å². The molecule has 2 rings (SSSR count). The summed E-state index contributed by atoms with van der Waals surface area (Å²) in [5.41, 5.74) is -0.911. The first-order valence-electron chi connectivity index (χ1n) is 6.72. The Kier molecular flexibility index (Phi) is 4.51. The van der Waals surface area contributed by atoms with E-state index in [1.165, 1.54) is 0 Å². The number of nitrogens with zero attached hydrogens (tertiary/aromatic N) is 4. The van der Waals surface area contributed by atoms with Gasteiger partial charge in [-0.3, -0.25) is 9.69 Å². The van der Waals surface area contributed by atoms with Crippen molar-refractivity contribution >= 4 is 11.9 Å². The van der Waals surface area contributed by atoms with Crippen LogP contribution in [0, 0.1) is 0 Å². The van der Waals surface area contributed by atoms with Crippen molar-refractivity contribution in [2.24, 2.45) is 0 Å². The molecule has 1 saturated heterocycles. The number of anilines is 1. The van der Waals surface area contributed by atoms with Gasteiger partial charge < -0.3 is 15.3 Å². The van der Waals surface area contributed by atoms with Gasteiger partial charge in [-0.25, -0.2) is 9.97 Å². The van der Waals surface area contributed by atoms with Gasteiger partial charge >= 0.3 is 5.97 Å². The maximum atomic E-state index is 11.3. The number of aromatic nitrogens is 2. The number of carboxylic acid groups (broad SMARTS) is 1. The van der Waals surface area contributed by atoms with Gasteiger partial charge in [0.2, 0.25) is 5.95 Å². The molecule has 0 bridgehead atoms. The van der Waals surface area contributed by atoms with Gasteiger partial charge in [0, 0.05) is 45.1 Å². The lowest BCUT2D eigenvalue weighted by Crippen LogP contribution is -2.59. The van der Waals surface area contributed by atoms with Gasteiger partial charge in [-0.2, -0.15) is 0 Å². The molecule has 1 aliphatic rings. The van der Waals surface area contributed by atoms with Crippen molar-refractivity contribution in [3.8, 4) is 0 Å². The molecular weight excluding hydrogens is 258 g/mol. The highest BCUT2D eigenvalue weighted by Crippen LogP contribution is 2.13. The number of rotatable bonds is 5. The molecule has 1 aromatic heterocycles. The second-order valence-corrected chi connectivity index (χ2v) is 5.20. The molecule has 20 heavy (non-hydrogen) atoms. The molecule has 110 valence electrons. The summed E-state index contributed by atoms with van der Waals surface area (Å²) in [5, 5.41) is 12.2. The van der Waals surface area contributed by atoms with Crippen LogP contribution >= 0.6 is 0 Å². The second kappa shape index (κ2) is 6.15. The minimum Gasteiger partial charge on any atom is -0.480 e. The number of hydrogen-bond acceptors (Lipinski definition) is 6. The molecule has 0 amide bonds. The van der Waals surface area contributed by atoms with Crippen LogP contribution in [0.1, 0.15) is 6.92 Å². The first-order valence-corrected chi connectivity index (χ1v) is 6.72. The Bertz CT molecular complexity index is 447. The Balaban J connectivity index is 1.90. The summed E-state index contributed by atoms with van der Waals surface area (Å²) in [7, 11) is 1.68. The number of piperazine rings is 1. The summed E-state index contributed by atoms with van der Waals surface area (Å²) in [6.45, 7) is 5.43. The third kappa shape index (κ3) is 3.23. The summed E-state index contributed by atoms with van der Waals surface area (Å²) >= 11 is 0. The van der Waals surface area contributed by atoms with Crippen molar-refractivity contribution in [3.05, 3.63) is 18.5 Å². The molecule has 1 fully saturated rings. The first-order chi connectivity index (χ1) is 9.55. The second-order valence-electron chi connectivity index (χ2n) is 5.20. The predicted molar refractivity (Wildman–Crippen MR) is 75.8 cm³/mol. The molecular formula is C13H21N5O2. The quantitative estimate of drug-likeness (QED) is 0.763. The van der Waals surface area contributed by atoms with Crippen LogP contribution < -0.4 is 10.2 Å². The zero-order chi connectivity index (χ0) is 14.6. The number of nitrogens with one attached hydrogen (secondary N) is 1. The van der Waals surface area contributed by atoms with E-state index in [-0.39, 0.29) is 0 Å². The molecule has 0 saturated carbocycles. The summed E-state index contributed by atoms with van der Waals surface area (Å²) in [4.78, 5) is 24.0. The Labute approximate surface area is 118 Å². The SMILES string of the molecule is CNC(C)(CN1CCN(c2ncccn2)CC1)C(=O)O. The highest BCUT2D eigenvalue weighted by Gasteiger charge is 2.34. The maximum absolute atomic E-state index is 11.3. The van der Waals surface area contributed by atoms with Crippen LogP contribution in [0.15, 0.2) is 18.5 Å². The Morgan fingerprint density at radius 2 is 1.95 bits per heavy atom. The molecule has 1 aliphatic heterocycles. The average molecular weight is 279 g/mol. The highest BCUT2D eigenvalue weighted by atomic mass is 16.4. The molecule has 7 heteroatoms. The number of hydrogen-bond donors (Lipinski definition) is 2. The molecule has 2 heterocycles. The molecule has 1 aromatic rings. The Hall–Kier alpha value is -1.73. The average Bonchev–Trinajstić information content (AvgIpc) is 2.48. The van der Waals surface area contributed by atoms with E-state index < -0.39 is 11.5 Å². The van der Waals surface area contributed by atoms with Gasteiger partial charge in [-0.15, -0.1) is 0 Å². The van der Waals surface area contributed by atoms with Crippen LogP contribution in [0.25, 0.3) is 0 Å². The summed E-state index contributed by atoms with van der Waals surface area (Å²) in [5.74, 6) is -0.0874. The van der Waals surface area contributed by atoms with Crippen LogP contribution in [0.3, 0.4) is 0 Å². The van der Waals surface area contributed by atoms with Crippen molar-refractivity contribution < 1.29 is 9.90 Å². The zero-order valence-corrected chi connectivity index (χ0v) is 11.9. The fraction of sp³-hybridized carbons (Fsp3) is 0.615. The van der Waals surface area contributed by atoms with Crippen molar-refractivity contribution in [2.45, 2.75) is 12.5 Å². The van der Waals surface area contributed by atoms with Crippen molar-refractivity contribution in [2.75, 3.05) is 44.7 Å². The topological polar surface area (TPSA) is 81.6 Å². The van der Waals surface area contributed by atoms with E-state index in [1.807, 2.05) is 0 Å². The van der Waals surface area contributed by atoms with Gasteiger partial charge in [0.15, 0.2) is 0 Å². The lowest BCUT2D eigenvalue weighted by atomic mass is 10.0. The van der Waals surface area contributed by atoms with E-state index in [0.29, 0.717) is 6.54 Å². The molecule has 1 unspecified atom stereocenters. The van der Waals surface area contributed by atoms with Crippen molar-refractivity contribution in [1.29, 1.82) is 0 Å². The van der Waals surface area contributed by atoms with E-state index in [9.17, 15) is 9.90 Å². The van der Waals surface area contributed by atoms with Crippen LogP contribution in [-0.4, -0.2) is 71.3 Å². The van der Waals surface area contributed by atoms with Gasteiger partial charge in [0.05, 0.1) is 0 Å². The summed E-state index contributed by atoms with van der Waals surface area (Å²) in [6, 6.07) is 1.80. The minimum absolute atomic E-state index is 0.488. The van der Waals surface area contributed by atoms with Crippen LogP contribution in [-0.2, 0) is 4.79 Å². The van der Waals surface area contributed by atoms with Crippen LogP contribution in [0.4, 0.5) is 5.95 Å². The molecule has 0 spiro atoms. The standard InChI is InChI=1S/C13H21N5O2/c1-13(14-2,11(19)20)10-17-6-8-18(9-7-17)12-15-4-3-5-16-12/h3-5,14H,6-10H2,1-2H3,(H,19,20). The first kappa shape index (κ1) is 14.7. The minimum atomic E-state index is -0.911. The normalized spacial score (nSPS) is 19.6. The summed E-state index contributed by atoms with van der Waals surface area (Å²) < 4.78 is 0. The fourth-order valence-electron chi connectivity index (χ4n) is 2.26. The largest absolute Gasteiger partial charge is 0.480 e. The number of aliphatic carboxylic acids is 1. The smallest absolute Gasteiger partial charge is 0.324 e. The van der Waals surface area contributed by atoms with Crippen molar-refractivity contribution in [1.82, 2.24) is 20.2 Å². The van der Waals surface area contributed by atoms with Crippen LogP contribution in [0.5, 0.6) is 0 Å². The number of carbonyl (C=O) groups is 1. The zero-order valence-electron chi connectivity index (χ0n) is 11.9. The van der Waals surface area contributed by atoms with E-state index in [0.717, 1.165) is 32.1 Å². The van der Waals surface area contributed by atoms with E-state index in [4.69, 9.17) is 0 Å². The van der Waals surface area contributed by atoms with E-state index in [1.54, 1.807) is 32.4 Å². The Morgan fingerprint density at radius 3 is 2.45 bits per heavy atom. The highest BCUT2D eigenvalue weighted by molar-refractivity contribution is 5.78. The predicted octanol–water partition coefficient (Wildman–Crippen LogP) is -0.339. The fourth-order valence-corrected chi connectivity index (χ4v) is 2.26. The lowest BCUT2D eigenvalue weighted by molar-refractivity contribution is -0.144. The van der Waals surface area contributed by atoms with Gasteiger partial charge in [0.25, 0.3) is 0 Å². The van der Waals surface area contributed by atoms with Gasteiger partial charge in [-0.1, -0.05) is 0 Å². The monoisotopic (exact) mass is 279 g/mol. The molecule has 0 aromatic carbocycles. The molecule has 2 N–H and O–H groups in total.